The zero-order valence-electron chi connectivity index (χ0n) is 9.98. The van der Waals surface area contributed by atoms with E-state index in [4.69, 9.17) is 0 Å². The molecule has 0 aliphatic carbocycles. The summed E-state index contributed by atoms with van der Waals surface area (Å²) in [5.41, 5.74) is 2.69. The molecule has 0 aromatic carbocycles. The lowest BCUT2D eigenvalue weighted by atomic mass is 10.3. The summed E-state index contributed by atoms with van der Waals surface area (Å²) in [6, 6.07) is 0. The molecule has 0 saturated heterocycles. The molecule has 0 radical (unpaired) electrons. The molecule has 17 heavy (non-hydrogen) atoms. The third kappa shape index (κ3) is 6.72. The van der Waals surface area contributed by atoms with Crippen molar-refractivity contribution in [3.05, 3.63) is 16.6 Å². The first-order valence-corrected chi connectivity index (χ1v) is 8.22. The lowest BCUT2D eigenvalue weighted by Crippen LogP contribution is -2.28. The smallest absolute Gasteiger partial charge is 0.211 e. The minimum atomic E-state index is -3.12. The molecule has 0 bridgehead atoms. The number of rotatable bonds is 9. The summed E-state index contributed by atoms with van der Waals surface area (Å²) in [5, 5.41) is 4.93. The van der Waals surface area contributed by atoms with E-state index in [0.29, 0.717) is 19.4 Å². The Morgan fingerprint density at radius 2 is 2.18 bits per heavy atom. The number of hydrogen-bond donors (Lipinski definition) is 2. The fourth-order valence-corrected chi connectivity index (χ4v) is 3.10. The Kier molecular flexibility index (Phi) is 6.64. The Morgan fingerprint density at radius 3 is 2.82 bits per heavy atom. The van der Waals surface area contributed by atoms with Gasteiger partial charge >= 0.3 is 0 Å². The molecule has 0 aliphatic rings. The molecule has 1 aromatic heterocycles. The molecule has 1 heterocycles. The second-order valence-electron chi connectivity index (χ2n) is 3.75. The Hall–Kier alpha value is -0.500. The van der Waals surface area contributed by atoms with Gasteiger partial charge < -0.3 is 5.32 Å². The van der Waals surface area contributed by atoms with Crippen LogP contribution < -0.4 is 10.0 Å². The van der Waals surface area contributed by atoms with E-state index < -0.39 is 10.0 Å². The average Bonchev–Trinajstić information content (AvgIpc) is 2.77. The van der Waals surface area contributed by atoms with Crippen molar-refractivity contribution < 1.29 is 8.42 Å². The highest BCUT2D eigenvalue weighted by atomic mass is 32.2. The molecule has 0 amide bonds. The van der Waals surface area contributed by atoms with E-state index in [0.717, 1.165) is 18.7 Å². The highest BCUT2D eigenvalue weighted by molar-refractivity contribution is 7.89. The van der Waals surface area contributed by atoms with Crippen LogP contribution in [0.3, 0.4) is 0 Å². The predicted octanol–water partition coefficient (Wildman–Crippen LogP) is 0.605. The van der Waals surface area contributed by atoms with Gasteiger partial charge in [-0.1, -0.05) is 0 Å². The van der Waals surface area contributed by atoms with Gasteiger partial charge in [-0.25, -0.2) is 18.1 Å². The summed E-state index contributed by atoms with van der Waals surface area (Å²) < 4.78 is 25.7. The van der Waals surface area contributed by atoms with Gasteiger partial charge in [0.25, 0.3) is 0 Å². The molecule has 0 atom stereocenters. The van der Waals surface area contributed by atoms with Crippen LogP contribution in [0, 0.1) is 0 Å². The fraction of sp³-hybridized carbons (Fsp3) is 0.700. The summed E-state index contributed by atoms with van der Waals surface area (Å²) in [5.74, 6) is 0.200. The maximum Gasteiger partial charge on any atom is 0.211 e. The van der Waals surface area contributed by atoms with Gasteiger partial charge in [0.1, 0.15) is 0 Å². The number of thiazole rings is 1. The Labute approximate surface area is 107 Å². The number of aromatic nitrogens is 1. The molecule has 0 aliphatic heterocycles. The van der Waals surface area contributed by atoms with Crippen molar-refractivity contribution in [1.29, 1.82) is 0 Å². The molecular weight excluding hydrogens is 258 g/mol. The molecule has 7 heteroatoms. The molecule has 5 nitrogen and oxygen atoms in total. The van der Waals surface area contributed by atoms with Gasteiger partial charge in [0, 0.05) is 18.3 Å². The summed E-state index contributed by atoms with van der Waals surface area (Å²) in [4.78, 5) is 4.10. The van der Waals surface area contributed by atoms with Crippen LogP contribution in [0.5, 0.6) is 0 Å². The third-order valence-corrected chi connectivity index (χ3v) is 4.38. The zero-order valence-corrected chi connectivity index (χ0v) is 11.6. The van der Waals surface area contributed by atoms with Gasteiger partial charge in [-0.05, 0) is 26.4 Å². The van der Waals surface area contributed by atoms with Crippen molar-refractivity contribution in [2.24, 2.45) is 0 Å². The van der Waals surface area contributed by atoms with Crippen LogP contribution in [-0.4, -0.2) is 39.3 Å². The molecule has 1 rings (SSSR count). The Bertz CT molecular complexity index is 390. The average molecular weight is 277 g/mol. The second-order valence-corrected chi connectivity index (χ2v) is 6.40. The van der Waals surface area contributed by atoms with Crippen LogP contribution in [0.2, 0.25) is 0 Å². The van der Waals surface area contributed by atoms with E-state index in [1.165, 1.54) is 11.3 Å². The van der Waals surface area contributed by atoms with Crippen molar-refractivity contribution in [3.8, 4) is 0 Å². The standard InChI is InChI=1S/C10H19N3O2S2/c1-11-5-2-3-7-17(14,15)13-6-4-10-8-16-9-12-10/h8-9,11,13H,2-7H2,1H3. The number of unbranched alkanes of at least 4 members (excludes halogenated alkanes) is 1. The molecule has 98 valence electrons. The molecule has 0 fully saturated rings. The Morgan fingerprint density at radius 1 is 1.35 bits per heavy atom. The normalized spacial score (nSPS) is 11.8. The Balaban J connectivity index is 2.16. The first-order chi connectivity index (χ1) is 8.14. The van der Waals surface area contributed by atoms with Crippen molar-refractivity contribution in [2.45, 2.75) is 19.3 Å². The van der Waals surface area contributed by atoms with Crippen LogP contribution >= 0.6 is 11.3 Å². The van der Waals surface area contributed by atoms with Crippen LogP contribution in [0.25, 0.3) is 0 Å². The van der Waals surface area contributed by atoms with E-state index >= 15 is 0 Å². The van der Waals surface area contributed by atoms with E-state index in [1.54, 1.807) is 5.51 Å². The fourth-order valence-electron chi connectivity index (χ4n) is 1.36. The quantitative estimate of drug-likeness (QED) is 0.649. The van der Waals surface area contributed by atoms with Gasteiger partial charge in [-0.3, -0.25) is 0 Å². The van der Waals surface area contributed by atoms with Crippen LogP contribution in [0.15, 0.2) is 10.9 Å². The van der Waals surface area contributed by atoms with E-state index in [-0.39, 0.29) is 5.75 Å². The summed E-state index contributed by atoms with van der Waals surface area (Å²) >= 11 is 1.52. The topological polar surface area (TPSA) is 71.1 Å². The first kappa shape index (κ1) is 14.6. The minimum absolute atomic E-state index is 0.200. The van der Waals surface area contributed by atoms with Gasteiger partial charge in [0.05, 0.1) is 17.0 Å². The van der Waals surface area contributed by atoms with E-state index in [1.807, 2.05) is 12.4 Å². The van der Waals surface area contributed by atoms with Gasteiger partial charge in [-0.15, -0.1) is 11.3 Å². The molecule has 1 aromatic rings. The molecule has 0 unspecified atom stereocenters. The number of hydrogen-bond acceptors (Lipinski definition) is 5. The van der Waals surface area contributed by atoms with Crippen molar-refractivity contribution >= 4 is 21.4 Å². The summed E-state index contributed by atoms with van der Waals surface area (Å²) in [7, 11) is -1.26. The van der Waals surface area contributed by atoms with Gasteiger partial charge in [0.15, 0.2) is 0 Å². The second kappa shape index (κ2) is 7.75. The molecular formula is C10H19N3O2S2. The zero-order chi connectivity index (χ0) is 12.6. The van der Waals surface area contributed by atoms with Crippen molar-refractivity contribution in [1.82, 2.24) is 15.0 Å². The van der Waals surface area contributed by atoms with E-state index in [9.17, 15) is 8.42 Å². The predicted molar refractivity (Wildman–Crippen MR) is 70.8 cm³/mol. The maximum absolute atomic E-state index is 11.6. The molecule has 0 saturated carbocycles. The third-order valence-electron chi connectivity index (χ3n) is 2.28. The molecule has 2 N–H and O–H groups in total. The lowest BCUT2D eigenvalue weighted by molar-refractivity contribution is 0.575. The van der Waals surface area contributed by atoms with Crippen molar-refractivity contribution in [3.63, 3.8) is 0 Å². The number of nitrogens with zero attached hydrogens (tertiary/aromatic N) is 1. The van der Waals surface area contributed by atoms with Crippen LogP contribution in [-0.2, 0) is 16.4 Å². The summed E-state index contributed by atoms with van der Waals surface area (Å²) in [6.45, 7) is 1.28. The van der Waals surface area contributed by atoms with Crippen LogP contribution in [0.4, 0.5) is 0 Å². The lowest BCUT2D eigenvalue weighted by Gasteiger charge is -2.05. The largest absolute Gasteiger partial charge is 0.320 e. The highest BCUT2D eigenvalue weighted by Crippen LogP contribution is 2.01. The first-order valence-electron chi connectivity index (χ1n) is 5.63. The minimum Gasteiger partial charge on any atom is -0.320 e. The number of sulfonamides is 1. The van der Waals surface area contributed by atoms with Crippen molar-refractivity contribution in [2.75, 3.05) is 25.9 Å². The summed E-state index contributed by atoms with van der Waals surface area (Å²) in [6.07, 6.45) is 2.22. The monoisotopic (exact) mass is 277 g/mol. The SMILES string of the molecule is CNCCCCS(=O)(=O)NCCc1cscn1. The highest BCUT2D eigenvalue weighted by Gasteiger charge is 2.08. The van der Waals surface area contributed by atoms with Crippen LogP contribution in [0.1, 0.15) is 18.5 Å². The number of nitrogens with one attached hydrogen (secondary N) is 2. The maximum atomic E-state index is 11.6. The van der Waals surface area contributed by atoms with E-state index in [2.05, 4.69) is 15.0 Å². The molecule has 0 spiro atoms. The van der Waals surface area contributed by atoms with Gasteiger partial charge in [-0.2, -0.15) is 0 Å². The van der Waals surface area contributed by atoms with Gasteiger partial charge in [0.2, 0.25) is 10.0 Å².